The van der Waals surface area contributed by atoms with Crippen molar-refractivity contribution in [3.63, 3.8) is 0 Å². The Morgan fingerprint density at radius 2 is 2.11 bits per heavy atom. The van der Waals surface area contributed by atoms with E-state index in [0.29, 0.717) is 22.8 Å². The van der Waals surface area contributed by atoms with E-state index in [2.05, 4.69) is 10.0 Å². The van der Waals surface area contributed by atoms with Gasteiger partial charge in [-0.3, -0.25) is 0 Å². The number of hydrogen-bond acceptors (Lipinski definition) is 4. The Balaban J connectivity index is 2.56. The minimum absolute atomic E-state index is 0.280. The Morgan fingerprint density at radius 3 is 2.61 bits per heavy atom. The molecule has 0 fully saturated rings. The molecule has 100 valence electrons. The van der Waals surface area contributed by atoms with Gasteiger partial charge in [-0.15, -0.1) is 0 Å². The minimum Gasteiger partial charge on any atom is -0.389 e. The monoisotopic (exact) mass is 307 g/mol. The predicted octanol–water partition coefficient (Wildman–Crippen LogP) is 0.935. The number of halogens is 1. The van der Waals surface area contributed by atoms with Crippen molar-refractivity contribution in [1.29, 1.82) is 0 Å². The van der Waals surface area contributed by atoms with Crippen LogP contribution in [0, 0.1) is 0 Å². The number of rotatable bonds is 6. The van der Waals surface area contributed by atoms with Gasteiger partial charge in [0.2, 0.25) is 10.0 Å². The lowest BCUT2D eigenvalue weighted by atomic mass is 10.2. The first-order valence-electron chi connectivity index (χ1n) is 5.07. The Bertz CT molecular complexity index is 546. The van der Waals surface area contributed by atoms with Gasteiger partial charge in [0.25, 0.3) is 0 Å². The SMILES string of the molecule is CS(=O)(=O)NCCNc1ccc(C(N)=S)cc1Cl. The molecule has 0 aromatic heterocycles. The second-order valence-electron chi connectivity index (χ2n) is 3.65. The first-order valence-corrected chi connectivity index (χ1v) is 7.75. The van der Waals surface area contributed by atoms with Crippen LogP contribution in [-0.4, -0.2) is 32.8 Å². The summed E-state index contributed by atoms with van der Waals surface area (Å²) in [5, 5.41) is 3.49. The zero-order valence-corrected chi connectivity index (χ0v) is 12.1. The highest BCUT2D eigenvalue weighted by atomic mass is 35.5. The van der Waals surface area contributed by atoms with E-state index < -0.39 is 10.0 Å². The van der Waals surface area contributed by atoms with Crippen molar-refractivity contribution in [2.24, 2.45) is 5.73 Å². The highest BCUT2D eigenvalue weighted by Crippen LogP contribution is 2.22. The van der Waals surface area contributed by atoms with E-state index in [0.717, 1.165) is 6.26 Å². The zero-order valence-electron chi connectivity index (χ0n) is 9.73. The van der Waals surface area contributed by atoms with Gasteiger partial charge in [0, 0.05) is 18.7 Å². The Labute approximate surface area is 117 Å². The molecule has 8 heteroatoms. The van der Waals surface area contributed by atoms with Crippen LogP contribution in [0.15, 0.2) is 18.2 Å². The van der Waals surface area contributed by atoms with Gasteiger partial charge in [-0.05, 0) is 18.2 Å². The maximum Gasteiger partial charge on any atom is 0.208 e. The summed E-state index contributed by atoms with van der Waals surface area (Å²) < 4.78 is 24.0. The van der Waals surface area contributed by atoms with Crippen LogP contribution in [0.2, 0.25) is 5.02 Å². The first-order chi connectivity index (χ1) is 8.29. The second-order valence-corrected chi connectivity index (χ2v) is 6.33. The van der Waals surface area contributed by atoms with Gasteiger partial charge in [0.15, 0.2) is 0 Å². The lowest BCUT2D eigenvalue weighted by Gasteiger charge is -2.09. The molecule has 0 saturated carbocycles. The third-order valence-corrected chi connectivity index (χ3v) is 3.34. The summed E-state index contributed by atoms with van der Waals surface area (Å²) >= 11 is 10.9. The smallest absolute Gasteiger partial charge is 0.208 e. The molecule has 0 amide bonds. The minimum atomic E-state index is -3.16. The van der Waals surface area contributed by atoms with E-state index in [1.54, 1.807) is 18.2 Å². The zero-order chi connectivity index (χ0) is 13.8. The molecule has 1 aromatic carbocycles. The van der Waals surface area contributed by atoms with Crippen LogP contribution in [0.25, 0.3) is 0 Å². The lowest BCUT2D eigenvalue weighted by molar-refractivity contribution is 0.589. The number of nitrogens with two attached hydrogens (primary N) is 1. The summed E-state index contributed by atoms with van der Waals surface area (Å²) in [4.78, 5) is 0.280. The number of anilines is 1. The molecule has 18 heavy (non-hydrogen) atoms. The number of thiocarbonyl (C=S) groups is 1. The van der Waals surface area contributed by atoms with Crippen molar-refractivity contribution in [2.75, 3.05) is 24.7 Å². The molecule has 5 nitrogen and oxygen atoms in total. The molecule has 1 rings (SSSR count). The van der Waals surface area contributed by atoms with E-state index in [1.165, 1.54) is 0 Å². The topological polar surface area (TPSA) is 84.2 Å². The lowest BCUT2D eigenvalue weighted by Crippen LogP contribution is -2.27. The van der Waals surface area contributed by atoms with E-state index in [9.17, 15) is 8.42 Å². The van der Waals surface area contributed by atoms with E-state index >= 15 is 0 Å². The van der Waals surface area contributed by atoms with Gasteiger partial charge >= 0.3 is 0 Å². The average Bonchev–Trinajstić information content (AvgIpc) is 2.24. The largest absolute Gasteiger partial charge is 0.389 e. The van der Waals surface area contributed by atoms with Crippen LogP contribution in [-0.2, 0) is 10.0 Å². The molecule has 0 unspecified atom stereocenters. The molecule has 0 aliphatic heterocycles. The Kier molecular flexibility index (Phi) is 5.33. The van der Waals surface area contributed by atoms with Gasteiger partial charge in [-0.25, -0.2) is 13.1 Å². The van der Waals surface area contributed by atoms with E-state index in [4.69, 9.17) is 29.6 Å². The summed E-state index contributed by atoms with van der Waals surface area (Å²) in [6.07, 6.45) is 1.11. The van der Waals surface area contributed by atoms with Crippen LogP contribution in [0.5, 0.6) is 0 Å². The molecule has 0 saturated heterocycles. The van der Waals surface area contributed by atoms with Gasteiger partial charge < -0.3 is 11.1 Å². The molecule has 0 bridgehead atoms. The van der Waals surface area contributed by atoms with E-state index in [-0.39, 0.29) is 11.5 Å². The summed E-state index contributed by atoms with van der Waals surface area (Å²) in [6.45, 7) is 0.714. The van der Waals surface area contributed by atoms with Crippen molar-refractivity contribution in [3.8, 4) is 0 Å². The summed E-state index contributed by atoms with van der Waals surface area (Å²) in [6, 6.07) is 5.16. The molecule has 0 aliphatic rings. The fourth-order valence-corrected chi connectivity index (χ4v) is 2.09. The maximum atomic E-state index is 10.8. The molecule has 0 heterocycles. The highest BCUT2D eigenvalue weighted by molar-refractivity contribution is 7.88. The fraction of sp³-hybridized carbons (Fsp3) is 0.300. The standard InChI is InChI=1S/C10H14ClN3O2S2/c1-18(15,16)14-5-4-13-9-3-2-7(10(12)17)6-8(9)11/h2-3,6,13-14H,4-5H2,1H3,(H2,12,17). The van der Waals surface area contributed by atoms with Gasteiger partial charge in [-0.1, -0.05) is 23.8 Å². The Hall–Kier alpha value is -0.890. The second kappa shape index (κ2) is 6.33. The van der Waals surface area contributed by atoms with Crippen LogP contribution in [0.1, 0.15) is 5.56 Å². The molecular formula is C10H14ClN3O2S2. The molecular weight excluding hydrogens is 294 g/mol. The fourth-order valence-electron chi connectivity index (χ4n) is 1.25. The Morgan fingerprint density at radius 1 is 1.44 bits per heavy atom. The van der Waals surface area contributed by atoms with Crippen molar-refractivity contribution in [2.45, 2.75) is 0 Å². The van der Waals surface area contributed by atoms with Gasteiger partial charge in [0.05, 0.1) is 17.0 Å². The van der Waals surface area contributed by atoms with Gasteiger partial charge in [-0.2, -0.15) is 0 Å². The molecule has 0 atom stereocenters. The summed E-state index contributed by atoms with van der Waals surface area (Å²) in [7, 11) is -3.16. The number of sulfonamides is 1. The van der Waals surface area contributed by atoms with Crippen molar-refractivity contribution < 1.29 is 8.42 Å². The van der Waals surface area contributed by atoms with Crippen molar-refractivity contribution in [3.05, 3.63) is 28.8 Å². The quantitative estimate of drug-likeness (QED) is 0.538. The molecule has 0 spiro atoms. The van der Waals surface area contributed by atoms with Crippen LogP contribution >= 0.6 is 23.8 Å². The number of nitrogens with one attached hydrogen (secondary N) is 2. The first kappa shape index (κ1) is 15.2. The van der Waals surface area contributed by atoms with Crippen LogP contribution in [0.4, 0.5) is 5.69 Å². The average molecular weight is 308 g/mol. The number of hydrogen-bond donors (Lipinski definition) is 3. The van der Waals surface area contributed by atoms with Crippen molar-refractivity contribution >= 4 is 44.5 Å². The van der Waals surface area contributed by atoms with Gasteiger partial charge in [0.1, 0.15) is 4.99 Å². The van der Waals surface area contributed by atoms with Crippen molar-refractivity contribution in [1.82, 2.24) is 4.72 Å². The summed E-state index contributed by atoms with van der Waals surface area (Å²) in [5.74, 6) is 0. The molecule has 0 aliphatic carbocycles. The molecule has 4 N–H and O–H groups in total. The third kappa shape index (κ3) is 5.18. The third-order valence-electron chi connectivity index (χ3n) is 2.06. The number of benzene rings is 1. The molecule has 1 aromatic rings. The maximum absolute atomic E-state index is 10.8. The van der Waals surface area contributed by atoms with E-state index in [1.807, 2.05) is 0 Å². The normalized spacial score (nSPS) is 11.2. The molecule has 0 radical (unpaired) electrons. The van der Waals surface area contributed by atoms with Crippen LogP contribution < -0.4 is 15.8 Å². The van der Waals surface area contributed by atoms with Crippen LogP contribution in [0.3, 0.4) is 0 Å². The predicted molar refractivity (Wildman–Crippen MR) is 78.7 cm³/mol. The summed E-state index contributed by atoms with van der Waals surface area (Å²) in [5.41, 5.74) is 6.87. The highest BCUT2D eigenvalue weighted by Gasteiger charge is 2.04.